The normalized spacial score (nSPS) is 17.3. The second-order valence-corrected chi connectivity index (χ2v) is 6.39. The Hall–Kier alpha value is -1.06. The number of nitrogens with two attached hydrogens (primary N) is 1. The van der Waals surface area contributed by atoms with E-state index in [-0.39, 0.29) is 5.41 Å². The van der Waals surface area contributed by atoms with Crippen LogP contribution in [0, 0.1) is 5.41 Å². The number of methoxy groups -OCH3 is 1. The van der Waals surface area contributed by atoms with E-state index in [1.807, 2.05) is 12.1 Å². The van der Waals surface area contributed by atoms with Crippen molar-refractivity contribution in [2.75, 3.05) is 26.7 Å². The van der Waals surface area contributed by atoms with Gasteiger partial charge in [0, 0.05) is 24.1 Å². The first-order valence-electron chi connectivity index (χ1n) is 7.07. The minimum Gasteiger partial charge on any atom is -0.496 e. The molecule has 0 unspecified atom stereocenters. The molecule has 1 saturated carbocycles. The van der Waals surface area contributed by atoms with Crippen molar-refractivity contribution in [1.82, 2.24) is 5.32 Å². The van der Waals surface area contributed by atoms with Gasteiger partial charge in [-0.25, -0.2) is 0 Å². The fourth-order valence-corrected chi connectivity index (χ4v) is 2.57. The van der Waals surface area contributed by atoms with Crippen molar-refractivity contribution in [1.29, 1.82) is 0 Å². The highest BCUT2D eigenvalue weighted by atomic mass is 16.5. The fourth-order valence-electron chi connectivity index (χ4n) is 2.57. The molecule has 1 fully saturated rings. The Morgan fingerprint density at radius 1 is 1.32 bits per heavy atom. The molecule has 0 saturated heterocycles. The summed E-state index contributed by atoms with van der Waals surface area (Å²) in [6.07, 6.45) is 2.54. The van der Waals surface area contributed by atoms with E-state index in [1.165, 1.54) is 18.4 Å². The molecule has 0 atom stereocenters. The van der Waals surface area contributed by atoms with Crippen molar-refractivity contribution in [3.05, 3.63) is 29.8 Å². The summed E-state index contributed by atoms with van der Waals surface area (Å²) in [7, 11) is 1.73. The Balaban J connectivity index is 1.97. The highest BCUT2D eigenvalue weighted by Gasteiger charge is 2.40. The van der Waals surface area contributed by atoms with Crippen LogP contribution in [0.1, 0.15) is 32.3 Å². The smallest absolute Gasteiger partial charge is 0.122 e. The molecule has 1 aromatic rings. The SMILES string of the molecule is COc1ccccc1C(C)(C)CNCC1(CN)CC1. The lowest BCUT2D eigenvalue weighted by atomic mass is 9.83. The molecule has 1 aromatic carbocycles. The van der Waals surface area contributed by atoms with Crippen molar-refractivity contribution in [3.8, 4) is 5.75 Å². The molecular formula is C16H26N2O. The van der Waals surface area contributed by atoms with Crippen molar-refractivity contribution in [3.63, 3.8) is 0 Å². The summed E-state index contributed by atoms with van der Waals surface area (Å²) in [5.74, 6) is 0.967. The first-order chi connectivity index (χ1) is 9.03. The molecule has 0 amide bonds. The van der Waals surface area contributed by atoms with E-state index >= 15 is 0 Å². The van der Waals surface area contributed by atoms with Gasteiger partial charge in [0.2, 0.25) is 0 Å². The van der Waals surface area contributed by atoms with Gasteiger partial charge in [-0.1, -0.05) is 32.0 Å². The van der Waals surface area contributed by atoms with Gasteiger partial charge in [0.25, 0.3) is 0 Å². The van der Waals surface area contributed by atoms with Crippen molar-refractivity contribution in [2.45, 2.75) is 32.1 Å². The monoisotopic (exact) mass is 262 g/mol. The zero-order chi connectivity index (χ0) is 13.9. The van der Waals surface area contributed by atoms with E-state index in [9.17, 15) is 0 Å². The van der Waals surface area contributed by atoms with Gasteiger partial charge in [-0.15, -0.1) is 0 Å². The molecule has 0 heterocycles. The van der Waals surface area contributed by atoms with Crippen LogP contribution in [0.25, 0.3) is 0 Å². The van der Waals surface area contributed by atoms with Crippen molar-refractivity contribution >= 4 is 0 Å². The van der Waals surface area contributed by atoms with Gasteiger partial charge in [0.1, 0.15) is 5.75 Å². The van der Waals surface area contributed by atoms with Crippen LogP contribution in [-0.2, 0) is 5.41 Å². The first-order valence-corrected chi connectivity index (χ1v) is 7.07. The van der Waals surface area contributed by atoms with Crippen molar-refractivity contribution < 1.29 is 4.74 Å². The zero-order valence-electron chi connectivity index (χ0n) is 12.3. The molecular weight excluding hydrogens is 236 g/mol. The van der Waals surface area contributed by atoms with Crippen LogP contribution in [-0.4, -0.2) is 26.7 Å². The molecule has 0 spiro atoms. The number of hydrogen-bond donors (Lipinski definition) is 2. The summed E-state index contributed by atoms with van der Waals surface area (Å²) >= 11 is 0. The summed E-state index contributed by atoms with van der Waals surface area (Å²) in [4.78, 5) is 0. The van der Waals surface area contributed by atoms with Gasteiger partial charge in [0.05, 0.1) is 7.11 Å². The molecule has 3 heteroatoms. The molecule has 3 nitrogen and oxygen atoms in total. The summed E-state index contributed by atoms with van der Waals surface area (Å²) in [6, 6.07) is 8.26. The second kappa shape index (κ2) is 5.51. The average Bonchev–Trinajstić information content (AvgIpc) is 3.19. The molecule has 1 aliphatic carbocycles. The van der Waals surface area contributed by atoms with Crippen LogP contribution in [0.2, 0.25) is 0 Å². The minimum atomic E-state index is 0.0529. The maximum Gasteiger partial charge on any atom is 0.122 e. The Morgan fingerprint density at radius 3 is 2.58 bits per heavy atom. The van der Waals surface area contributed by atoms with Gasteiger partial charge in [-0.05, 0) is 30.9 Å². The third-order valence-corrected chi connectivity index (χ3v) is 4.29. The van der Waals surface area contributed by atoms with E-state index in [2.05, 4.69) is 31.3 Å². The molecule has 1 aliphatic rings. The largest absolute Gasteiger partial charge is 0.496 e. The third kappa shape index (κ3) is 3.28. The minimum absolute atomic E-state index is 0.0529. The highest BCUT2D eigenvalue weighted by Crippen LogP contribution is 2.43. The second-order valence-electron chi connectivity index (χ2n) is 6.39. The van der Waals surface area contributed by atoms with Gasteiger partial charge >= 0.3 is 0 Å². The highest BCUT2D eigenvalue weighted by molar-refractivity contribution is 5.39. The van der Waals surface area contributed by atoms with Crippen molar-refractivity contribution in [2.24, 2.45) is 11.1 Å². The summed E-state index contributed by atoms with van der Waals surface area (Å²) < 4.78 is 5.46. The van der Waals surface area contributed by atoms with Crippen LogP contribution in [0.4, 0.5) is 0 Å². The first kappa shape index (κ1) is 14.4. The fraction of sp³-hybridized carbons (Fsp3) is 0.625. The van der Waals surface area contributed by atoms with Gasteiger partial charge in [-0.3, -0.25) is 0 Å². The molecule has 0 radical (unpaired) electrons. The molecule has 0 aromatic heterocycles. The Labute approximate surface area is 116 Å². The summed E-state index contributed by atoms with van der Waals surface area (Å²) in [5.41, 5.74) is 7.51. The Bertz CT molecular complexity index is 425. The van der Waals surface area contributed by atoms with E-state index in [0.717, 1.165) is 25.4 Å². The standard InChI is InChI=1S/C16H26N2O/c1-15(2,11-18-12-16(10-17)8-9-16)13-6-4-5-7-14(13)19-3/h4-7,18H,8-12,17H2,1-3H3. The number of ether oxygens (including phenoxy) is 1. The topological polar surface area (TPSA) is 47.3 Å². The molecule has 3 N–H and O–H groups in total. The average molecular weight is 262 g/mol. The van der Waals surface area contributed by atoms with E-state index in [0.29, 0.717) is 5.41 Å². The lowest BCUT2D eigenvalue weighted by molar-refractivity contribution is 0.375. The lowest BCUT2D eigenvalue weighted by Gasteiger charge is -2.28. The van der Waals surface area contributed by atoms with E-state index < -0.39 is 0 Å². The third-order valence-electron chi connectivity index (χ3n) is 4.29. The van der Waals surface area contributed by atoms with E-state index in [4.69, 9.17) is 10.5 Å². The van der Waals surface area contributed by atoms with E-state index in [1.54, 1.807) is 7.11 Å². The Kier molecular flexibility index (Phi) is 4.16. The Morgan fingerprint density at radius 2 is 2.00 bits per heavy atom. The maximum absolute atomic E-state index is 5.82. The number of hydrogen-bond acceptors (Lipinski definition) is 3. The zero-order valence-corrected chi connectivity index (χ0v) is 12.3. The van der Waals surface area contributed by atoms with Crippen LogP contribution in [0.15, 0.2) is 24.3 Å². The van der Waals surface area contributed by atoms with Crippen LogP contribution in [0.3, 0.4) is 0 Å². The van der Waals surface area contributed by atoms with Crippen LogP contribution in [0.5, 0.6) is 5.75 Å². The maximum atomic E-state index is 5.82. The molecule has 106 valence electrons. The predicted molar refractivity (Wildman–Crippen MR) is 79.6 cm³/mol. The van der Waals surface area contributed by atoms with Gasteiger partial charge in [-0.2, -0.15) is 0 Å². The van der Waals surface area contributed by atoms with Crippen LogP contribution < -0.4 is 15.8 Å². The lowest BCUT2D eigenvalue weighted by Crippen LogP contribution is -2.38. The molecule has 19 heavy (non-hydrogen) atoms. The van der Waals surface area contributed by atoms with Gasteiger partial charge in [0.15, 0.2) is 0 Å². The molecule has 0 bridgehead atoms. The number of nitrogens with one attached hydrogen (secondary N) is 1. The van der Waals surface area contributed by atoms with Crippen LogP contribution >= 0.6 is 0 Å². The molecule has 0 aliphatic heterocycles. The summed E-state index contributed by atoms with van der Waals surface area (Å²) in [6.45, 7) is 7.27. The number of rotatable bonds is 7. The quantitative estimate of drug-likeness (QED) is 0.792. The predicted octanol–water partition coefficient (Wildman–Crippen LogP) is 2.30. The number of benzene rings is 1. The summed E-state index contributed by atoms with van der Waals surface area (Å²) in [5, 5.41) is 3.59. The number of para-hydroxylation sites is 1. The molecule has 2 rings (SSSR count). The van der Waals surface area contributed by atoms with Gasteiger partial charge < -0.3 is 15.8 Å².